The maximum atomic E-state index is 10.8. The summed E-state index contributed by atoms with van der Waals surface area (Å²) in [6.45, 7) is 1.11. The zero-order chi connectivity index (χ0) is 12.0. The molecule has 0 aliphatic carbocycles. The van der Waals surface area contributed by atoms with E-state index in [4.69, 9.17) is 5.11 Å². The monoisotopic (exact) mass is 242 g/mol. The summed E-state index contributed by atoms with van der Waals surface area (Å²) in [5.41, 5.74) is 0.708. The summed E-state index contributed by atoms with van der Waals surface area (Å²) in [6, 6.07) is 4.86. The first-order valence-corrected chi connectivity index (χ1v) is 6.52. The second-order valence-electron chi connectivity index (χ2n) is 3.27. The van der Waals surface area contributed by atoms with Gasteiger partial charge in [0.1, 0.15) is 5.69 Å². The number of hydrogen-bond acceptors (Lipinski definition) is 4. The zero-order valence-corrected chi connectivity index (χ0v) is 9.79. The second-order valence-corrected chi connectivity index (χ2v) is 4.83. The molecular formula is C10H14N2O3S. The molecule has 0 aromatic carbocycles. The Kier molecular flexibility index (Phi) is 5.07. The van der Waals surface area contributed by atoms with Gasteiger partial charge in [0.2, 0.25) is 0 Å². The van der Waals surface area contributed by atoms with Crippen molar-refractivity contribution < 1.29 is 14.1 Å². The van der Waals surface area contributed by atoms with Crippen LogP contribution in [0, 0.1) is 0 Å². The van der Waals surface area contributed by atoms with Crippen molar-refractivity contribution in [1.29, 1.82) is 0 Å². The van der Waals surface area contributed by atoms with Crippen molar-refractivity contribution in [2.45, 2.75) is 6.54 Å². The molecule has 88 valence electrons. The van der Waals surface area contributed by atoms with Gasteiger partial charge in [-0.1, -0.05) is 6.07 Å². The van der Waals surface area contributed by atoms with Gasteiger partial charge in [0, 0.05) is 35.9 Å². The van der Waals surface area contributed by atoms with E-state index in [0.717, 1.165) is 0 Å². The topological polar surface area (TPSA) is 79.3 Å². The predicted octanol–water partition coefficient (Wildman–Crippen LogP) is 0.248. The molecule has 5 nitrogen and oxygen atoms in total. The SMILES string of the molecule is CS(=O)CCNCc1cccc(C(=O)O)n1. The predicted molar refractivity (Wildman–Crippen MR) is 61.8 cm³/mol. The first-order chi connectivity index (χ1) is 7.59. The third-order valence-corrected chi connectivity index (χ3v) is 2.68. The molecule has 0 spiro atoms. The molecule has 1 rings (SSSR count). The molecule has 16 heavy (non-hydrogen) atoms. The molecule has 0 aliphatic rings. The molecule has 0 amide bonds. The van der Waals surface area contributed by atoms with Crippen molar-refractivity contribution in [1.82, 2.24) is 10.3 Å². The standard InChI is InChI=1S/C10H14N2O3S/c1-16(15)6-5-11-7-8-3-2-4-9(12-8)10(13)14/h2-4,11H,5-7H2,1H3,(H,13,14). The van der Waals surface area contributed by atoms with Crippen molar-refractivity contribution in [3.05, 3.63) is 29.6 Å². The number of aromatic nitrogens is 1. The lowest BCUT2D eigenvalue weighted by Gasteiger charge is -2.03. The van der Waals surface area contributed by atoms with E-state index in [0.29, 0.717) is 24.5 Å². The summed E-state index contributed by atoms with van der Waals surface area (Å²) in [7, 11) is -0.812. The van der Waals surface area contributed by atoms with Crippen molar-refractivity contribution in [3.8, 4) is 0 Å². The third kappa shape index (κ3) is 4.50. The molecule has 2 N–H and O–H groups in total. The number of carboxylic acids is 1. The second kappa shape index (κ2) is 6.34. The molecule has 1 heterocycles. The highest BCUT2D eigenvalue weighted by molar-refractivity contribution is 7.84. The smallest absolute Gasteiger partial charge is 0.354 e. The van der Waals surface area contributed by atoms with Gasteiger partial charge in [0.05, 0.1) is 5.69 Å². The number of hydrogen-bond donors (Lipinski definition) is 2. The number of aromatic carboxylic acids is 1. The number of rotatable bonds is 6. The average molecular weight is 242 g/mol. The largest absolute Gasteiger partial charge is 0.477 e. The molecule has 1 aromatic rings. The minimum absolute atomic E-state index is 0.0402. The Morgan fingerprint density at radius 1 is 1.56 bits per heavy atom. The minimum atomic E-state index is -1.03. The highest BCUT2D eigenvalue weighted by atomic mass is 32.2. The maximum absolute atomic E-state index is 10.8. The summed E-state index contributed by atoms with van der Waals surface area (Å²) in [6.07, 6.45) is 1.64. The first kappa shape index (κ1) is 12.8. The Hall–Kier alpha value is -1.27. The van der Waals surface area contributed by atoms with Gasteiger partial charge in [-0.05, 0) is 12.1 Å². The highest BCUT2D eigenvalue weighted by Gasteiger charge is 2.04. The van der Waals surface area contributed by atoms with Crippen molar-refractivity contribution in [3.63, 3.8) is 0 Å². The lowest BCUT2D eigenvalue weighted by atomic mass is 10.3. The van der Waals surface area contributed by atoms with Crippen LogP contribution in [0.5, 0.6) is 0 Å². The summed E-state index contributed by atoms with van der Waals surface area (Å²) >= 11 is 0. The van der Waals surface area contributed by atoms with E-state index >= 15 is 0 Å². The van der Waals surface area contributed by atoms with Crippen molar-refractivity contribution in [2.24, 2.45) is 0 Å². The molecule has 1 unspecified atom stereocenters. The Bertz CT molecular complexity index is 395. The van der Waals surface area contributed by atoms with E-state index < -0.39 is 16.8 Å². The van der Waals surface area contributed by atoms with Gasteiger partial charge in [-0.25, -0.2) is 9.78 Å². The lowest BCUT2D eigenvalue weighted by Crippen LogP contribution is -2.20. The molecule has 0 aliphatic heterocycles. The van der Waals surface area contributed by atoms with Crippen LogP contribution in [-0.2, 0) is 17.3 Å². The van der Waals surface area contributed by atoms with Crippen LogP contribution in [0.3, 0.4) is 0 Å². The van der Waals surface area contributed by atoms with Gasteiger partial charge in [-0.15, -0.1) is 0 Å². The zero-order valence-electron chi connectivity index (χ0n) is 8.97. The van der Waals surface area contributed by atoms with Crippen LogP contribution in [0.15, 0.2) is 18.2 Å². The summed E-state index contributed by atoms with van der Waals surface area (Å²) in [5.74, 6) is -0.449. The van der Waals surface area contributed by atoms with Crippen LogP contribution in [0.1, 0.15) is 16.2 Å². The highest BCUT2D eigenvalue weighted by Crippen LogP contribution is 1.99. The number of nitrogens with zero attached hydrogens (tertiary/aromatic N) is 1. The first-order valence-electron chi connectivity index (χ1n) is 4.79. The molecule has 1 aromatic heterocycles. The quantitative estimate of drug-likeness (QED) is 0.699. The van der Waals surface area contributed by atoms with E-state index in [1.165, 1.54) is 6.07 Å². The Morgan fingerprint density at radius 2 is 2.31 bits per heavy atom. The molecule has 6 heteroatoms. The summed E-state index contributed by atoms with van der Waals surface area (Å²) < 4.78 is 10.8. The fraction of sp³-hybridized carbons (Fsp3) is 0.400. The average Bonchev–Trinajstić information content (AvgIpc) is 2.24. The number of nitrogens with one attached hydrogen (secondary N) is 1. The fourth-order valence-electron chi connectivity index (χ4n) is 1.13. The van der Waals surface area contributed by atoms with Crippen molar-refractivity contribution in [2.75, 3.05) is 18.6 Å². The molecule has 0 bridgehead atoms. The maximum Gasteiger partial charge on any atom is 0.354 e. The molecule has 0 radical (unpaired) electrons. The van der Waals surface area contributed by atoms with E-state index in [2.05, 4.69) is 10.3 Å². The van der Waals surface area contributed by atoms with Crippen molar-refractivity contribution >= 4 is 16.8 Å². The van der Waals surface area contributed by atoms with Crippen LogP contribution in [-0.4, -0.2) is 38.8 Å². The Balaban J connectivity index is 2.45. The van der Waals surface area contributed by atoms with Gasteiger partial charge in [-0.2, -0.15) is 0 Å². The van der Waals surface area contributed by atoms with Gasteiger partial charge in [0.25, 0.3) is 0 Å². The van der Waals surface area contributed by atoms with Crippen LogP contribution in [0.4, 0.5) is 0 Å². The van der Waals surface area contributed by atoms with E-state index in [9.17, 15) is 9.00 Å². The van der Waals surface area contributed by atoms with E-state index in [1.807, 2.05) is 0 Å². The summed E-state index contributed by atoms with van der Waals surface area (Å²) in [5, 5.41) is 11.8. The number of carbonyl (C=O) groups is 1. The molecule has 0 saturated heterocycles. The number of pyridine rings is 1. The number of carboxylic acid groups (broad SMARTS) is 1. The summed E-state index contributed by atoms with van der Waals surface area (Å²) in [4.78, 5) is 14.6. The normalized spacial score (nSPS) is 12.3. The van der Waals surface area contributed by atoms with Gasteiger partial charge in [-0.3, -0.25) is 4.21 Å². The molecule has 0 fully saturated rings. The molecule has 0 saturated carbocycles. The Labute approximate surface area is 96.4 Å². The van der Waals surface area contributed by atoms with Gasteiger partial charge >= 0.3 is 5.97 Å². The van der Waals surface area contributed by atoms with Gasteiger partial charge < -0.3 is 10.4 Å². The van der Waals surface area contributed by atoms with E-state index in [-0.39, 0.29) is 5.69 Å². The van der Waals surface area contributed by atoms with Crippen LogP contribution >= 0.6 is 0 Å². The third-order valence-electron chi connectivity index (χ3n) is 1.90. The van der Waals surface area contributed by atoms with Gasteiger partial charge in [0.15, 0.2) is 0 Å². The van der Waals surface area contributed by atoms with E-state index in [1.54, 1.807) is 18.4 Å². The molecule has 1 atom stereocenters. The van der Waals surface area contributed by atoms with Crippen LogP contribution in [0.2, 0.25) is 0 Å². The Morgan fingerprint density at radius 3 is 2.94 bits per heavy atom. The fourth-order valence-corrected chi connectivity index (χ4v) is 1.56. The van der Waals surface area contributed by atoms with Crippen LogP contribution in [0.25, 0.3) is 0 Å². The molecular weight excluding hydrogens is 228 g/mol. The van der Waals surface area contributed by atoms with Crippen LogP contribution < -0.4 is 5.32 Å². The minimum Gasteiger partial charge on any atom is -0.477 e. The lowest BCUT2D eigenvalue weighted by molar-refractivity contribution is 0.0690.